The lowest BCUT2D eigenvalue weighted by molar-refractivity contribution is -0.131. The summed E-state index contributed by atoms with van der Waals surface area (Å²) in [7, 11) is 0. The van der Waals surface area contributed by atoms with Gasteiger partial charge in [0.15, 0.2) is 0 Å². The van der Waals surface area contributed by atoms with Gasteiger partial charge in [-0.15, -0.1) is 0 Å². The number of nitrogens with one attached hydrogen (secondary N) is 1. The Morgan fingerprint density at radius 1 is 1.24 bits per heavy atom. The number of aromatic nitrogens is 3. The van der Waals surface area contributed by atoms with Crippen molar-refractivity contribution in [2.24, 2.45) is 0 Å². The minimum Gasteiger partial charge on any atom is -0.444 e. The average molecular weight is 470 g/mol. The Balaban J connectivity index is 1.45. The second kappa shape index (κ2) is 9.39. The van der Waals surface area contributed by atoms with Crippen LogP contribution in [0.25, 0.3) is 17.0 Å². The van der Waals surface area contributed by atoms with Crippen molar-refractivity contribution in [2.75, 3.05) is 19.6 Å². The van der Waals surface area contributed by atoms with Crippen molar-refractivity contribution in [3.05, 3.63) is 53.4 Å². The fraction of sp³-hybridized carbons (Fsp3) is 0.417. The predicted molar refractivity (Wildman–Crippen MR) is 126 cm³/mol. The van der Waals surface area contributed by atoms with E-state index in [1.165, 1.54) is 0 Å². The number of carbonyl (C=O) groups is 2. The Morgan fingerprint density at radius 3 is 2.85 bits per heavy atom. The van der Waals surface area contributed by atoms with Crippen LogP contribution in [0.5, 0.6) is 0 Å². The van der Waals surface area contributed by atoms with Gasteiger partial charge in [-0.3, -0.25) is 14.2 Å². The van der Waals surface area contributed by atoms with Crippen LogP contribution in [-0.4, -0.2) is 56.5 Å². The zero-order valence-corrected chi connectivity index (χ0v) is 19.8. The summed E-state index contributed by atoms with van der Waals surface area (Å²) in [6.07, 6.45) is 4.84. The zero-order valence-electron chi connectivity index (χ0n) is 19.0. The molecule has 1 fully saturated rings. The summed E-state index contributed by atoms with van der Waals surface area (Å²) in [4.78, 5) is 35.7. The fourth-order valence-corrected chi connectivity index (χ4v) is 4.15. The van der Waals surface area contributed by atoms with Crippen LogP contribution in [0, 0.1) is 0 Å². The van der Waals surface area contributed by atoms with E-state index in [9.17, 15) is 9.59 Å². The molecule has 1 N–H and O–H groups in total. The first-order valence-corrected chi connectivity index (χ1v) is 11.4. The quantitative estimate of drug-likeness (QED) is 0.616. The van der Waals surface area contributed by atoms with E-state index in [0.717, 1.165) is 35.6 Å². The van der Waals surface area contributed by atoms with Gasteiger partial charge in [0.25, 0.3) is 0 Å². The maximum Gasteiger partial charge on any atom is 0.408 e. The number of hydrogen-bond acceptors (Lipinski definition) is 5. The van der Waals surface area contributed by atoms with Crippen molar-refractivity contribution >= 4 is 29.2 Å². The van der Waals surface area contributed by atoms with E-state index in [-0.39, 0.29) is 18.4 Å². The number of alkyl carbamates (subject to hydrolysis) is 1. The van der Waals surface area contributed by atoms with Gasteiger partial charge >= 0.3 is 6.09 Å². The maximum absolute atomic E-state index is 12.7. The van der Waals surface area contributed by atoms with Crippen LogP contribution >= 0.6 is 11.6 Å². The molecule has 33 heavy (non-hydrogen) atoms. The number of pyridine rings is 2. The predicted octanol–water partition coefficient (Wildman–Crippen LogP) is 4.28. The Kier molecular flexibility index (Phi) is 6.56. The lowest BCUT2D eigenvalue weighted by atomic mass is 9.94. The molecule has 0 aromatic carbocycles. The van der Waals surface area contributed by atoms with Crippen LogP contribution < -0.4 is 5.32 Å². The number of nitrogens with zero attached hydrogens (tertiary/aromatic N) is 4. The number of ether oxygens (including phenoxy) is 1. The van der Waals surface area contributed by atoms with Crippen LogP contribution in [0.15, 0.2) is 42.7 Å². The molecule has 0 saturated carbocycles. The van der Waals surface area contributed by atoms with Crippen LogP contribution in [0.1, 0.15) is 45.2 Å². The number of fused-ring (bicyclic) bond motifs is 1. The molecule has 2 amide bonds. The highest BCUT2D eigenvalue weighted by molar-refractivity contribution is 6.30. The van der Waals surface area contributed by atoms with Gasteiger partial charge in [-0.25, -0.2) is 9.78 Å². The molecule has 4 rings (SSSR count). The van der Waals surface area contributed by atoms with E-state index in [1.54, 1.807) is 31.9 Å². The summed E-state index contributed by atoms with van der Waals surface area (Å²) in [5.41, 5.74) is 2.79. The monoisotopic (exact) mass is 469 g/mol. The molecule has 1 unspecified atom stereocenters. The highest BCUT2D eigenvalue weighted by Gasteiger charge is 2.26. The highest BCUT2D eigenvalue weighted by Crippen LogP contribution is 2.28. The fourth-order valence-electron chi connectivity index (χ4n) is 3.98. The minimum atomic E-state index is -0.605. The van der Waals surface area contributed by atoms with E-state index in [4.69, 9.17) is 21.3 Å². The van der Waals surface area contributed by atoms with Crippen LogP contribution in [0.3, 0.4) is 0 Å². The van der Waals surface area contributed by atoms with E-state index in [0.29, 0.717) is 18.1 Å². The smallest absolute Gasteiger partial charge is 0.408 e. The summed E-state index contributed by atoms with van der Waals surface area (Å²) < 4.78 is 7.13. The van der Waals surface area contributed by atoms with Crippen LogP contribution in [0.2, 0.25) is 5.02 Å². The number of halogens is 1. The third kappa shape index (κ3) is 5.63. The Bertz CT molecular complexity index is 1170. The molecule has 0 aliphatic carbocycles. The Morgan fingerprint density at radius 2 is 2.06 bits per heavy atom. The maximum atomic E-state index is 12.7. The van der Waals surface area contributed by atoms with Gasteiger partial charge in [-0.05, 0) is 57.9 Å². The van der Waals surface area contributed by atoms with Gasteiger partial charge in [0.1, 0.15) is 17.8 Å². The highest BCUT2D eigenvalue weighted by atomic mass is 35.5. The SMILES string of the molecule is CC(C)(C)OC(=O)NCC(=O)N1CCCC(c2cccc(-c3cnc4ccc(Cl)cn34)n2)C1. The molecular weight excluding hydrogens is 442 g/mol. The van der Waals surface area contributed by atoms with Crippen LogP contribution in [0.4, 0.5) is 4.79 Å². The Labute approximate surface area is 197 Å². The molecule has 1 aliphatic heterocycles. The van der Waals surface area contributed by atoms with Crippen molar-refractivity contribution in [3.8, 4) is 11.4 Å². The third-order valence-electron chi connectivity index (χ3n) is 5.48. The molecule has 0 radical (unpaired) electrons. The summed E-state index contributed by atoms with van der Waals surface area (Å²) in [6.45, 7) is 6.49. The number of likely N-dealkylation sites (tertiary alicyclic amines) is 1. The van der Waals surface area contributed by atoms with Crippen molar-refractivity contribution < 1.29 is 14.3 Å². The number of rotatable bonds is 4. The lowest BCUT2D eigenvalue weighted by Crippen LogP contribution is -2.45. The molecule has 174 valence electrons. The molecule has 1 aliphatic rings. The van der Waals surface area contributed by atoms with Crippen LogP contribution in [-0.2, 0) is 9.53 Å². The summed E-state index contributed by atoms with van der Waals surface area (Å²) >= 11 is 6.17. The molecule has 1 atom stereocenters. The van der Waals surface area contributed by atoms with Crippen molar-refractivity contribution in [1.82, 2.24) is 24.6 Å². The molecule has 0 spiro atoms. The van der Waals surface area contributed by atoms with E-state index in [2.05, 4.69) is 10.3 Å². The Hall–Kier alpha value is -3.13. The number of amides is 2. The molecule has 0 bridgehead atoms. The topological polar surface area (TPSA) is 88.8 Å². The van der Waals surface area contributed by atoms with Gasteiger partial charge in [-0.2, -0.15) is 0 Å². The summed E-state index contributed by atoms with van der Waals surface area (Å²) in [6, 6.07) is 9.60. The molecule has 3 aromatic heterocycles. The van der Waals surface area contributed by atoms with Gasteiger partial charge < -0.3 is 15.0 Å². The number of imidazole rings is 1. The number of piperidine rings is 1. The van der Waals surface area contributed by atoms with Crippen molar-refractivity contribution in [3.63, 3.8) is 0 Å². The molecular formula is C24H28ClN5O3. The number of carbonyl (C=O) groups excluding carboxylic acids is 2. The molecule has 3 aromatic rings. The lowest BCUT2D eigenvalue weighted by Gasteiger charge is -2.32. The summed E-state index contributed by atoms with van der Waals surface area (Å²) in [5, 5.41) is 3.18. The molecule has 8 nitrogen and oxygen atoms in total. The molecule has 1 saturated heterocycles. The number of hydrogen-bond donors (Lipinski definition) is 1. The van der Waals surface area contributed by atoms with Gasteiger partial charge in [0.2, 0.25) is 5.91 Å². The van der Waals surface area contributed by atoms with Gasteiger partial charge in [-0.1, -0.05) is 17.7 Å². The minimum absolute atomic E-state index is 0.0856. The zero-order chi connectivity index (χ0) is 23.6. The second-order valence-corrected chi connectivity index (χ2v) is 9.64. The third-order valence-corrected chi connectivity index (χ3v) is 5.70. The summed E-state index contributed by atoms with van der Waals surface area (Å²) in [5.74, 6) is -0.00918. The van der Waals surface area contributed by atoms with Crippen molar-refractivity contribution in [2.45, 2.75) is 45.1 Å². The second-order valence-electron chi connectivity index (χ2n) is 9.20. The first-order chi connectivity index (χ1) is 15.7. The van der Waals surface area contributed by atoms with E-state index in [1.807, 2.05) is 40.9 Å². The first kappa shape index (κ1) is 23.0. The van der Waals surface area contributed by atoms with E-state index < -0.39 is 11.7 Å². The largest absolute Gasteiger partial charge is 0.444 e. The first-order valence-electron chi connectivity index (χ1n) is 11.0. The molecule has 4 heterocycles. The average Bonchev–Trinajstić information content (AvgIpc) is 3.19. The van der Waals surface area contributed by atoms with Crippen molar-refractivity contribution in [1.29, 1.82) is 0 Å². The molecule has 9 heteroatoms. The van der Waals surface area contributed by atoms with Gasteiger partial charge in [0, 0.05) is 30.9 Å². The standard InChI is InChI=1S/C24H28ClN5O3/c1-24(2,3)33-23(32)27-13-22(31)29-11-5-6-16(14-29)18-7-4-8-19(28-18)20-12-26-21-10-9-17(25)15-30(20)21/h4,7-10,12,15-16H,5-6,11,13-14H2,1-3H3,(H,27,32). The van der Waals surface area contributed by atoms with Gasteiger partial charge in [0.05, 0.1) is 22.6 Å². The van der Waals surface area contributed by atoms with E-state index >= 15 is 0 Å². The normalized spacial score (nSPS) is 16.6.